The largest absolute Gasteiger partial charge is 0.370 e. The molecule has 0 aromatic heterocycles. The Morgan fingerprint density at radius 2 is 2.09 bits per heavy atom. The minimum atomic E-state index is -0.456. The van der Waals surface area contributed by atoms with Gasteiger partial charge in [0.05, 0.1) is 18.6 Å². The number of nitrogens with zero attached hydrogens (tertiary/aromatic N) is 1. The second kappa shape index (κ2) is 7.44. The first kappa shape index (κ1) is 17.3. The van der Waals surface area contributed by atoms with Crippen LogP contribution < -0.4 is 5.73 Å². The fourth-order valence-electron chi connectivity index (χ4n) is 3.02. The fourth-order valence-corrected chi connectivity index (χ4v) is 3.28. The Kier molecular flexibility index (Phi) is 5.84. The molecule has 0 radical (unpaired) electrons. The van der Waals surface area contributed by atoms with Crippen LogP contribution in [0.3, 0.4) is 0 Å². The van der Waals surface area contributed by atoms with Gasteiger partial charge in [0.25, 0.3) is 0 Å². The first-order valence-corrected chi connectivity index (χ1v) is 8.31. The van der Waals surface area contributed by atoms with Crippen LogP contribution in [0.25, 0.3) is 0 Å². The van der Waals surface area contributed by atoms with E-state index in [0.29, 0.717) is 31.3 Å². The summed E-state index contributed by atoms with van der Waals surface area (Å²) in [5.74, 6) is 0.139. The Bertz CT molecular complexity index is 509. The molecule has 1 atom stereocenters. The summed E-state index contributed by atoms with van der Waals surface area (Å²) in [7, 11) is 0. The van der Waals surface area contributed by atoms with E-state index in [4.69, 9.17) is 22.1 Å². The van der Waals surface area contributed by atoms with E-state index in [0.717, 1.165) is 18.4 Å². The number of ether oxygens (including phenoxy) is 1. The molecule has 2 N–H and O–H groups in total. The lowest BCUT2D eigenvalue weighted by Crippen LogP contribution is -2.51. The van der Waals surface area contributed by atoms with Crippen molar-refractivity contribution in [3.05, 3.63) is 34.9 Å². The summed E-state index contributed by atoms with van der Waals surface area (Å²) in [5.41, 5.74) is 6.39. The third-order valence-corrected chi connectivity index (χ3v) is 5.15. The summed E-state index contributed by atoms with van der Waals surface area (Å²) in [6, 6.07) is 7.64. The fraction of sp³-hybridized carbons (Fsp3) is 0.588. The third-order valence-electron chi connectivity index (χ3n) is 4.80. The van der Waals surface area contributed by atoms with Gasteiger partial charge in [-0.25, -0.2) is 0 Å². The predicted molar refractivity (Wildman–Crippen MR) is 88.8 cm³/mol. The number of carbonyl (C=O) groups is 1. The third kappa shape index (κ3) is 3.29. The van der Waals surface area contributed by atoms with Crippen LogP contribution in [-0.2, 0) is 9.53 Å². The van der Waals surface area contributed by atoms with Gasteiger partial charge < -0.3 is 15.4 Å². The molecule has 1 aromatic carbocycles. The second-order valence-electron chi connectivity index (χ2n) is 5.82. The first-order valence-electron chi connectivity index (χ1n) is 7.93. The Hall–Kier alpha value is -1.10. The van der Waals surface area contributed by atoms with Gasteiger partial charge in [-0.05, 0) is 18.9 Å². The molecule has 0 spiro atoms. The number of halogens is 1. The number of carbonyl (C=O) groups excluding carboxylic acids is 1. The monoisotopic (exact) mass is 324 g/mol. The molecule has 4 nitrogen and oxygen atoms in total. The highest BCUT2D eigenvalue weighted by Gasteiger charge is 2.39. The van der Waals surface area contributed by atoms with E-state index in [2.05, 4.69) is 0 Å². The zero-order valence-corrected chi connectivity index (χ0v) is 14.1. The maximum absolute atomic E-state index is 12.9. The summed E-state index contributed by atoms with van der Waals surface area (Å²) in [4.78, 5) is 14.8. The second-order valence-corrected chi connectivity index (χ2v) is 6.23. The maximum atomic E-state index is 12.9. The maximum Gasteiger partial charge on any atom is 0.230 e. The Morgan fingerprint density at radius 1 is 1.41 bits per heavy atom. The van der Waals surface area contributed by atoms with Gasteiger partial charge in [0.1, 0.15) is 6.10 Å². The minimum Gasteiger partial charge on any atom is -0.370 e. The number of amides is 1. The van der Waals surface area contributed by atoms with E-state index >= 15 is 0 Å². The molecule has 0 bridgehead atoms. The van der Waals surface area contributed by atoms with Crippen LogP contribution in [0.15, 0.2) is 24.3 Å². The highest BCUT2D eigenvalue weighted by molar-refractivity contribution is 6.31. The van der Waals surface area contributed by atoms with Gasteiger partial charge >= 0.3 is 0 Å². The molecule has 1 aliphatic heterocycles. The van der Waals surface area contributed by atoms with Crippen LogP contribution in [0.1, 0.15) is 38.4 Å². The number of benzene rings is 1. The molecule has 1 aromatic rings. The molecule has 22 heavy (non-hydrogen) atoms. The number of hydrogen-bond acceptors (Lipinski definition) is 3. The summed E-state index contributed by atoms with van der Waals surface area (Å²) >= 11 is 6.25. The van der Waals surface area contributed by atoms with Gasteiger partial charge in [0.15, 0.2) is 0 Å². The van der Waals surface area contributed by atoms with Crippen LogP contribution in [0.4, 0.5) is 0 Å². The van der Waals surface area contributed by atoms with E-state index in [1.807, 2.05) is 43.0 Å². The van der Waals surface area contributed by atoms with Crippen LogP contribution in [0, 0.1) is 5.41 Å². The van der Waals surface area contributed by atoms with Crippen molar-refractivity contribution in [3.8, 4) is 0 Å². The molecular formula is C17H25ClN2O2. The van der Waals surface area contributed by atoms with Gasteiger partial charge in [-0.3, -0.25) is 4.79 Å². The standard InChI is InChI=1S/C17H25ClN2O2/c1-3-17(4-2,12-19)16(21)20-9-10-22-15(11-20)13-7-5-6-8-14(13)18/h5-8,15H,3-4,9-12,19H2,1-2H3. The molecular weight excluding hydrogens is 300 g/mol. The van der Waals surface area contributed by atoms with E-state index in [1.165, 1.54) is 0 Å². The van der Waals surface area contributed by atoms with Crippen LogP contribution in [-0.4, -0.2) is 37.0 Å². The molecule has 1 heterocycles. The molecule has 0 saturated carbocycles. The first-order chi connectivity index (χ1) is 10.6. The topological polar surface area (TPSA) is 55.6 Å². The van der Waals surface area contributed by atoms with E-state index in [-0.39, 0.29) is 12.0 Å². The lowest BCUT2D eigenvalue weighted by molar-refractivity contribution is -0.150. The molecule has 1 unspecified atom stereocenters. The van der Waals surface area contributed by atoms with Crippen molar-refractivity contribution in [3.63, 3.8) is 0 Å². The van der Waals surface area contributed by atoms with Crippen LogP contribution >= 0.6 is 11.6 Å². The van der Waals surface area contributed by atoms with Crippen molar-refractivity contribution < 1.29 is 9.53 Å². The predicted octanol–water partition coefficient (Wildman–Crippen LogP) is 3.01. The molecule has 1 amide bonds. The molecule has 122 valence electrons. The highest BCUT2D eigenvalue weighted by atomic mass is 35.5. The average Bonchev–Trinajstić information content (AvgIpc) is 2.57. The minimum absolute atomic E-state index is 0.139. The van der Waals surface area contributed by atoms with Gasteiger partial charge in [-0.15, -0.1) is 0 Å². The molecule has 0 aliphatic carbocycles. The van der Waals surface area contributed by atoms with Crippen LogP contribution in [0.2, 0.25) is 5.02 Å². The van der Waals surface area contributed by atoms with Crippen molar-refractivity contribution in [2.45, 2.75) is 32.8 Å². The Labute approximate surface area is 137 Å². The lowest BCUT2D eigenvalue weighted by atomic mass is 9.80. The SMILES string of the molecule is CCC(CC)(CN)C(=O)N1CCOC(c2ccccc2Cl)C1. The smallest absolute Gasteiger partial charge is 0.230 e. The van der Waals surface area contributed by atoms with Gasteiger partial charge in [-0.1, -0.05) is 43.6 Å². The quantitative estimate of drug-likeness (QED) is 0.905. The molecule has 1 aliphatic rings. The molecule has 1 saturated heterocycles. The molecule has 2 rings (SSSR count). The highest BCUT2D eigenvalue weighted by Crippen LogP contribution is 2.32. The van der Waals surface area contributed by atoms with Crippen molar-refractivity contribution in [1.82, 2.24) is 4.90 Å². The zero-order chi connectivity index (χ0) is 16.2. The number of nitrogens with two attached hydrogens (primary N) is 1. The van der Waals surface area contributed by atoms with E-state index < -0.39 is 5.41 Å². The summed E-state index contributed by atoms with van der Waals surface area (Å²) < 4.78 is 5.83. The number of morpholine rings is 1. The van der Waals surface area contributed by atoms with Crippen molar-refractivity contribution in [2.75, 3.05) is 26.2 Å². The average molecular weight is 325 g/mol. The summed E-state index contributed by atoms with van der Waals surface area (Å²) in [6.45, 7) is 6.11. The Balaban J connectivity index is 2.17. The summed E-state index contributed by atoms with van der Waals surface area (Å²) in [6.07, 6.45) is 1.34. The van der Waals surface area contributed by atoms with E-state index in [9.17, 15) is 4.79 Å². The Morgan fingerprint density at radius 3 is 2.68 bits per heavy atom. The lowest BCUT2D eigenvalue weighted by Gasteiger charge is -2.39. The van der Waals surface area contributed by atoms with Gasteiger partial charge in [0.2, 0.25) is 5.91 Å². The van der Waals surface area contributed by atoms with Crippen molar-refractivity contribution in [1.29, 1.82) is 0 Å². The zero-order valence-electron chi connectivity index (χ0n) is 13.3. The number of rotatable bonds is 5. The number of hydrogen-bond donors (Lipinski definition) is 1. The van der Waals surface area contributed by atoms with Gasteiger partial charge in [0, 0.05) is 23.7 Å². The van der Waals surface area contributed by atoms with Gasteiger partial charge in [-0.2, -0.15) is 0 Å². The normalized spacial score (nSPS) is 19.3. The van der Waals surface area contributed by atoms with Crippen molar-refractivity contribution in [2.24, 2.45) is 11.1 Å². The summed E-state index contributed by atoms with van der Waals surface area (Å²) in [5, 5.41) is 0.679. The van der Waals surface area contributed by atoms with E-state index in [1.54, 1.807) is 0 Å². The van der Waals surface area contributed by atoms with Crippen molar-refractivity contribution >= 4 is 17.5 Å². The molecule has 5 heteroatoms. The molecule has 1 fully saturated rings. The van der Waals surface area contributed by atoms with Crippen LogP contribution in [0.5, 0.6) is 0 Å².